The lowest BCUT2D eigenvalue weighted by atomic mass is 9.84. The average Bonchev–Trinajstić information content (AvgIpc) is 2.46. The number of allylic oxidation sites excluding steroid dienone is 3. The van der Waals surface area contributed by atoms with Gasteiger partial charge in [0, 0.05) is 17.1 Å². The van der Waals surface area contributed by atoms with E-state index >= 15 is 0 Å². The molecule has 0 fully saturated rings. The normalized spacial score (nSPS) is 18.4. The highest BCUT2D eigenvalue weighted by Crippen LogP contribution is 2.37. The smallest absolute Gasteiger partial charge is 0.334 e. The van der Waals surface area contributed by atoms with Crippen molar-refractivity contribution in [3.05, 3.63) is 53.1 Å². The van der Waals surface area contributed by atoms with Crippen molar-refractivity contribution in [2.75, 3.05) is 14.2 Å². The van der Waals surface area contributed by atoms with Gasteiger partial charge in [0.25, 0.3) is 0 Å². The quantitative estimate of drug-likeness (QED) is 0.617. The van der Waals surface area contributed by atoms with E-state index in [1.54, 1.807) is 7.11 Å². The first kappa shape index (κ1) is 13.4. The molecule has 1 aromatic carbocycles. The van der Waals surface area contributed by atoms with Crippen LogP contribution >= 0.6 is 0 Å². The Kier molecular flexibility index (Phi) is 4.05. The molecule has 2 rings (SSSR count). The van der Waals surface area contributed by atoms with Crippen molar-refractivity contribution in [2.45, 2.75) is 19.3 Å². The van der Waals surface area contributed by atoms with Crippen LogP contribution in [-0.4, -0.2) is 20.2 Å². The van der Waals surface area contributed by atoms with Gasteiger partial charge in [-0.05, 0) is 19.4 Å². The van der Waals surface area contributed by atoms with Gasteiger partial charge in [-0.3, -0.25) is 0 Å². The fraction of sp³-hybridized carbons (Fsp3) is 0.312. The van der Waals surface area contributed by atoms with Crippen molar-refractivity contribution in [3.63, 3.8) is 0 Å². The molecule has 0 heterocycles. The molecule has 100 valence electrons. The second kappa shape index (κ2) is 5.74. The molecule has 0 saturated carbocycles. The molecule has 1 unspecified atom stereocenters. The summed E-state index contributed by atoms with van der Waals surface area (Å²) >= 11 is 0. The van der Waals surface area contributed by atoms with Crippen LogP contribution < -0.4 is 4.74 Å². The minimum absolute atomic E-state index is 0.0997. The molecule has 3 heteroatoms. The van der Waals surface area contributed by atoms with Crippen molar-refractivity contribution < 1.29 is 14.3 Å². The van der Waals surface area contributed by atoms with Gasteiger partial charge in [0.15, 0.2) is 0 Å². The number of methoxy groups -OCH3 is 2. The van der Waals surface area contributed by atoms with Crippen molar-refractivity contribution in [3.8, 4) is 5.75 Å². The minimum atomic E-state index is -0.278. The van der Waals surface area contributed by atoms with Crippen molar-refractivity contribution in [2.24, 2.45) is 0 Å². The van der Waals surface area contributed by atoms with E-state index in [1.165, 1.54) is 12.7 Å². The second-order valence-electron chi connectivity index (χ2n) is 4.59. The van der Waals surface area contributed by atoms with E-state index in [0.717, 1.165) is 17.7 Å². The van der Waals surface area contributed by atoms with Crippen molar-refractivity contribution >= 4 is 5.97 Å². The van der Waals surface area contributed by atoms with Gasteiger partial charge < -0.3 is 9.47 Å². The Morgan fingerprint density at radius 2 is 2.00 bits per heavy atom. The lowest BCUT2D eigenvalue weighted by molar-refractivity contribution is -0.136. The molecule has 0 bridgehead atoms. The molecule has 3 nitrogen and oxygen atoms in total. The first-order chi connectivity index (χ1) is 9.17. The Labute approximate surface area is 113 Å². The molecular formula is C16H18O3. The summed E-state index contributed by atoms with van der Waals surface area (Å²) in [4.78, 5) is 11.9. The zero-order valence-electron chi connectivity index (χ0n) is 11.5. The summed E-state index contributed by atoms with van der Waals surface area (Å²) in [5.74, 6) is 0.408. The monoisotopic (exact) mass is 258 g/mol. The van der Waals surface area contributed by atoms with Crippen LogP contribution in [0.15, 0.2) is 47.6 Å². The zero-order chi connectivity index (χ0) is 13.8. The molecule has 19 heavy (non-hydrogen) atoms. The molecule has 0 aliphatic heterocycles. The van der Waals surface area contributed by atoms with Crippen LogP contribution in [0.5, 0.6) is 5.75 Å². The predicted octanol–water partition coefficient (Wildman–Crippen LogP) is 3.23. The van der Waals surface area contributed by atoms with Crippen LogP contribution in [0.4, 0.5) is 0 Å². The average molecular weight is 258 g/mol. The number of ether oxygens (including phenoxy) is 2. The van der Waals surface area contributed by atoms with Gasteiger partial charge in [0.05, 0.1) is 14.2 Å². The van der Waals surface area contributed by atoms with E-state index in [0.29, 0.717) is 5.57 Å². The molecular weight excluding hydrogens is 240 g/mol. The zero-order valence-corrected chi connectivity index (χ0v) is 11.5. The van der Waals surface area contributed by atoms with E-state index < -0.39 is 0 Å². The summed E-state index contributed by atoms with van der Waals surface area (Å²) in [6.07, 6.45) is 4.83. The van der Waals surface area contributed by atoms with Crippen LogP contribution in [-0.2, 0) is 9.53 Å². The second-order valence-corrected chi connectivity index (χ2v) is 4.59. The Morgan fingerprint density at radius 1 is 1.26 bits per heavy atom. The Balaban J connectivity index is 2.46. The number of rotatable bonds is 3. The van der Waals surface area contributed by atoms with Crippen LogP contribution in [0.25, 0.3) is 0 Å². The van der Waals surface area contributed by atoms with Crippen LogP contribution in [0.3, 0.4) is 0 Å². The van der Waals surface area contributed by atoms with E-state index in [4.69, 9.17) is 9.47 Å². The van der Waals surface area contributed by atoms with Crippen LogP contribution in [0.1, 0.15) is 24.8 Å². The van der Waals surface area contributed by atoms with Crippen molar-refractivity contribution in [1.82, 2.24) is 0 Å². The summed E-state index contributed by atoms with van der Waals surface area (Å²) in [7, 11) is 3.05. The Hall–Kier alpha value is -2.03. The third-order valence-corrected chi connectivity index (χ3v) is 3.33. The summed E-state index contributed by atoms with van der Waals surface area (Å²) in [5.41, 5.74) is 2.90. The van der Waals surface area contributed by atoms with Crippen LogP contribution in [0, 0.1) is 0 Å². The summed E-state index contributed by atoms with van der Waals surface area (Å²) in [6.45, 7) is 2.06. The third kappa shape index (κ3) is 2.70. The highest BCUT2D eigenvalue weighted by molar-refractivity contribution is 5.91. The molecule has 0 radical (unpaired) electrons. The summed E-state index contributed by atoms with van der Waals surface area (Å²) < 4.78 is 10.3. The molecule has 0 saturated heterocycles. The van der Waals surface area contributed by atoms with E-state index in [9.17, 15) is 4.79 Å². The van der Waals surface area contributed by atoms with Gasteiger partial charge in [0.1, 0.15) is 5.75 Å². The van der Waals surface area contributed by atoms with Gasteiger partial charge in [-0.25, -0.2) is 4.79 Å². The van der Waals surface area contributed by atoms with Gasteiger partial charge in [0.2, 0.25) is 0 Å². The first-order valence-electron chi connectivity index (χ1n) is 6.26. The molecule has 0 aromatic heterocycles. The Morgan fingerprint density at radius 3 is 2.68 bits per heavy atom. The van der Waals surface area contributed by atoms with E-state index in [1.807, 2.05) is 30.3 Å². The molecule has 1 aliphatic carbocycles. The van der Waals surface area contributed by atoms with E-state index in [-0.39, 0.29) is 11.9 Å². The highest BCUT2D eigenvalue weighted by Gasteiger charge is 2.26. The van der Waals surface area contributed by atoms with Gasteiger partial charge in [-0.1, -0.05) is 35.9 Å². The summed E-state index contributed by atoms with van der Waals surface area (Å²) in [6, 6.07) is 7.76. The molecule has 1 atom stereocenters. The van der Waals surface area contributed by atoms with Crippen molar-refractivity contribution in [1.29, 1.82) is 0 Å². The summed E-state index contributed by atoms with van der Waals surface area (Å²) in [5, 5.41) is 0. The number of esters is 1. The number of benzene rings is 1. The maximum atomic E-state index is 11.9. The molecule has 1 aliphatic rings. The molecule has 0 spiro atoms. The van der Waals surface area contributed by atoms with Gasteiger partial charge >= 0.3 is 5.97 Å². The number of carbonyl (C=O) groups excluding carboxylic acids is 1. The van der Waals surface area contributed by atoms with Crippen LogP contribution in [0.2, 0.25) is 0 Å². The lowest BCUT2D eigenvalue weighted by Crippen LogP contribution is -2.15. The maximum Gasteiger partial charge on any atom is 0.334 e. The largest absolute Gasteiger partial charge is 0.496 e. The third-order valence-electron chi connectivity index (χ3n) is 3.33. The fourth-order valence-electron chi connectivity index (χ4n) is 2.35. The number of hydrogen-bond donors (Lipinski definition) is 0. The molecule has 0 amide bonds. The van der Waals surface area contributed by atoms with Gasteiger partial charge in [-0.2, -0.15) is 0 Å². The minimum Gasteiger partial charge on any atom is -0.496 e. The van der Waals surface area contributed by atoms with E-state index in [2.05, 4.69) is 13.0 Å². The lowest BCUT2D eigenvalue weighted by Gasteiger charge is -2.22. The van der Waals surface area contributed by atoms with Gasteiger partial charge in [-0.15, -0.1) is 0 Å². The SMILES string of the molecule is COC(=O)C1=CCC(C)=CC1c1ccccc1OC. The highest BCUT2D eigenvalue weighted by atomic mass is 16.5. The maximum absolute atomic E-state index is 11.9. The standard InChI is InChI=1S/C16H18O3/c1-11-8-9-13(16(17)19-3)14(10-11)12-6-4-5-7-15(12)18-2/h4-7,9-10,14H,8H2,1-3H3. The Bertz CT molecular complexity index is 541. The predicted molar refractivity (Wildman–Crippen MR) is 74.2 cm³/mol. The number of carbonyl (C=O) groups is 1. The number of para-hydroxylation sites is 1. The topological polar surface area (TPSA) is 35.5 Å². The molecule has 0 N–H and O–H groups in total. The number of hydrogen-bond acceptors (Lipinski definition) is 3. The fourth-order valence-corrected chi connectivity index (χ4v) is 2.35. The molecule has 1 aromatic rings. The first-order valence-corrected chi connectivity index (χ1v) is 6.26.